The number of fused-ring (bicyclic) bond motifs is 3. The van der Waals surface area contributed by atoms with Gasteiger partial charge < -0.3 is 26.2 Å². The molecule has 34 heavy (non-hydrogen) atoms. The summed E-state index contributed by atoms with van der Waals surface area (Å²) in [7, 11) is 0. The van der Waals surface area contributed by atoms with Crippen molar-refractivity contribution in [3.63, 3.8) is 0 Å². The molecule has 0 radical (unpaired) electrons. The van der Waals surface area contributed by atoms with Crippen LogP contribution in [0.15, 0.2) is 48.5 Å². The van der Waals surface area contributed by atoms with E-state index in [9.17, 15) is 24.3 Å². The van der Waals surface area contributed by atoms with Gasteiger partial charge >= 0.3 is 12.1 Å². The Morgan fingerprint density at radius 1 is 1.00 bits per heavy atom. The number of carbonyl (C=O) groups excluding carboxylic acids is 3. The van der Waals surface area contributed by atoms with Crippen LogP contribution in [0.5, 0.6) is 0 Å². The molecule has 2 aromatic carbocycles. The zero-order valence-corrected chi connectivity index (χ0v) is 19.1. The summed E-state index contributed by atoms with van der Waals surface area (Å²) in [5, 5.41) is 14.1. The van der Waals surface area contributed by atoms with Gasteiger partial charge in [-0.1, -0.05) is 68.8 Å². The Morgan fingerprint density at radius 3 is 2.06 bits per heavy atom. The zero-order chi connectivity index (χ0) is 24.8. The van der Waals surface area contributed by atoms with Crippen molar-refractivity contribution in [3.8, 4) is 11.1 Å². The lowest BCUT2D eigenvalue weighted by Crippen LogP contribution is -2.54. The van der Waals surface area contributed by atoms with Crippen molar-refractivity contribution in [2.45, 2.75) is 44.7 Å². The molecule has 5 N–H and O–H groups in total. The second-order valence-corrected chi connectivity index (χ2v) is 8.40. The van der Waals surface area contributed by atoms with Crippen molar-refractivity contribution in [1.82, 2.24) is 10.6 Å². The first-order valence-electron chi connectivity index (χ1n) is 11.2. The molecule has 9 heteroatoms. The Kier molecular flexibility index (Phi) is 7.88. The maximum atomic E-state index is 12.8. The molecule has 3 amide bonds. The number of hydrogen-bond acceptors (Lipinski definition) is 5. The van der Waals surface area contributed by atoms with E-state index in [2.05, 4.69) is 10.6 Å². The number of hydrogen-bond donors (Lipinski definition) is 4. The second-order valence-electron chi connectivity index (χ2n) is 8.40. The molecule has 9 nitrogen and oxygen atoms in total. The predicted octanol–water partition coefficient (Wildman–Crippen LogP) is 2.38. The van der Waals surface area contributed by atoms with Gasteiger partial charge in [0.1, 0.15) is 18.7 Å². The monoisotopic (exact) mass is 467 g/mol. The number of carboxylic acid groups (broad SMARTS) is 1. The fourth-order valence-electron chi connectivity index (χ4n) is 4.13. The number of aliphatic carboxylic acids is 1. The topological polar surface area (TPSA) is 148 Å². The summed E-state index contributed by atoms with van der Waals surface area (Å²) in [4.78, 5) is 47.9. The molecule has 0 aliphatic heterocycles. The van der Waals surface area contributed by atoms with Crippen LogP contribution >= 0.6 is 0 Å². The van der Waals surface area contributed by atoms with Crippen molar-refractivity contribution < 1.29 is 29.0 Å². The molecule has 1 aliphatic rings. The molecule has 0 saturated heterocycles. The second kappa shape index (κ2) is 10.8. The number of nitrogens with two attached hydrogens (primary N) is 1. The Morgan fingerprint density at radius 2 is 1.56 bits per heavy atom. The van der Waals surface area contributed by atoms with E-state index in [1.807, 2.05) is 55.5 Å². The minimum atomic E-state index is -1.49. The van der Waals surface area contributed by atoms with Gasteiger partial charge in [-0.15, -0.1) is 0 Å². The third-order valence-electron chi connectivity index (χ3n) is 6.13. The SMILES string of the molecule is CC[C@H](C)[C@H](NC(=O)OCC1c2ccccc2-c2ccccc21)C(=O)NC(CC(N)=O)C(=O)O. The normalized spacial score (nSPS) is 14.8. The molecule has 0 saturated carbocycles. The van der Waals surface area contributed by atoms with Crippen molar-refractivity contribution in [2.75, 3.05) is 6.61 Å². The molecule has 0 bridgehead atoms. The van der Waals surface area contributed by atoms with Crippen LogP contribution in [0, 0.1) is 5.92 Å². The van der Waals surface area contributed by atoms with Gasteiger partial charge in [-0.25, -0.2) is 9.59 Å². The van der Waals surface area contributed by atoms with Crippen LogP contribution in [0.2, 0.25) is 0 Å². The standard InChI is InChI=1S/C25H29N3O6/c1-3-14(2)22(23(30)27-20(24(31)32)12-21(26)29)28-25(33)34-13-19-17-10-6-4-8-15(17)16-9-5-7-11-18(16)19/h4-11,14,19-20,22H,3,12-13H2,1-2H3,(H2,26,29)(H,27,30)(H,28,33)(H,31,32)/t14-,20?,22-/m0/s1. The Bertz CT molecular complexity index is 1040. The highest BCUT2D eigenvalue weighted by Crippen LogP contribution is 2.44. The van der Waals surface area contributed by atoms with Gasteiger partial charge in [0.25, 0.3) is 0 Å². The average molecular weight is 468 g/mol. The summed E-state index contributed by atoms with van der Waals surface area (Å²) < 4.78 is 5.51. The lowest BCUT2D eigenvalue weighted by atomic mass is 9.97. The van der Waals surface area contributed by atoms with Gasteiger partial charge in [-0.3, -0.25) is 9.59 Å². The number of primary amides is 1. The number of carboxylic acids is 1. The van der Waals surface area contributed by atoms with Gasteiger partial charge in [0.15, 0.2) is 0 Å². The fourth-order valence-corrected chi connectivity index (χ4v) is 4.13. The highest BCUT2D eigenvalue weighted by Gasteiger charge is 2.32. The first kappa shape index (κ1) is 24.8. The first-order chi connectivity index (χ1) is 16.2. The van der Waals surface area contributed by atoms with Crippen LogP contribution in [-0.4, -0.2) is 47.7 Å². The maximum absolute atomic E-state index is 12.8. The third-order valence-corrected chi connectivity index (χ3v) is 6.13. The van der Waals surface area contributed by atoms with E-state index < -0.39 is 42.4 Å². The number of ether oxygens (including phenoxy) is 1. The summed E-state index contributed by atoms with van der Waals surface area (Å²) in [6.07, 6.45) is -0.807. The van der Waals surface area contributed by atoms with Gasteiger partial charge in [0, 0.05) is 5.92 Å². The first-order valence-corrected chi connectivity index (χ1v) is 11.2. The van der Waals surface area contributed by atoms with Gasteiger partial charge in [-0.05, 0) is 28.2 Å². The van der Waals surface area contributed by atoms with Crippen molar-refractivity contribution in [3.05, 3.63) is 59.7 Å². The summed E-state index contributed by atoms with van der Waals surface area (Å²) in [6, 6.07) is 13.3. The van der Waals surface area contributed by atoms with Crippen LogP contribution in [0.1, 0.15) is 43.7 Å². The van der Waals surface area contributed by atoms with E-state index in [1.165, 1.54) is 0 Å². The largest absolute Gasteiger partial charge is 0.480 e. The smallest absolute Gasteiger partial charge is 0.407 e. The summed E-state index contributed by atoms with van der Waals surface area (Å²) in [6.45, 7) is 3.66. The quantitative estimate of drug-likeness (QED) is 0.422. The predicted molar refractivity (Wildman–Crippen MR) is 125 cm³/mol. The van der Waals surface area contributed by atoms with E-state index in [0.717, 1.165) is 22.3 Å². The van der Waals surface area contributed by atoms with Crippen molar-refractivity contribution >= 4 is 23.9 Å². The van der Waals surface area contributed by atoms with Gasteiger partial charge in [0.05, 0.1) is 6.42 Å². The summed E-state index contributed by atoms with van der Waals surface area (Å²) >= 11 is 0. The minimum absolute atomic E-state index is 0.0775. The van der Waals surface area contributed by atoms with Crippen LogP contribution in [0.25, 0.3) is 11.1 Å². The van der Waals surface area contributed by atoms with Crippen molar-refractivity contribution in [1.29, 1.82) is 0 Å². The molecule has 0 spiro atoms. The lowest BCUT2D eigenvalue weighted by molar-refractivity contribution is -0.143. The molecule has 1 unspecified atom stereocenters. The van der Waals surface area contributed by atoms with E-state index in [-0.39, 0.29) is 18.4 Å². The molecule has 3 rings (SSSR count). The van der Waals surface area contributed by atoms with Crippen LogP contribution in [0.4, 0.5) is 4.79 Å². The number of alkyl carbamates (subject to hydrolysis) is 1. The molecule has 0 aromatic heterocycles. The Labute approximate surface area is 197 Å². The Balaban J connectivity index is 1.68. The molecule has 3 atom stereocenters. The molecule has 0 fully saturated rings. The molecule has 0 heterocycles. The summed E-state index contributed by atoms with van der Waals surface area (Å²) in [5.41, 5.74) is 9.38. The fraction of sp³-hybridized carbons (Fsp3) is 0.360. The molecule has 2 aromatic rings. The summed E-state index contributed by atoms with van der Waals surface area (Å²) in [5.74, 6) is -3.44. The highest BCUT2D eigenvalue weighted by molar-refractivity contribution is 5.91. The van der Waals surface area contributed by atoms with Crippen LogP contribution in [0.3, 0.4) is 0 Å². The number of carbonyl (C=O) groups is 4. The Hall–Kier alpha value is -3.88. The number of amides is 3. The third kappa shape index (κ3) is 5.54. The van der Waals surface area contributed by atoms with Gasteiger partial charge in [0.2, 0.25) is 11.8 Å². The molecule has 1 aliphatic carbocycles. The lowest BCUT2D eigenvalue weighted by Gasteiger charge is -2.25. The highest BCUT2D eigenvalue weighted by atomic mass is 16.5. The van der Waals surface area contributed by atoms with E-state index in [1.54, 1.807) is 6.92 Å². The number of nitrogens with one attached hydrogen (secondary N) is 2. The zero-order valence-electron chi connectivity index (χ0n) is 19.1. The minimum Gasteiger partial charge on any atom is -0.480 e. The molecular weight excluding hydrogens is 438 g/mol. The number of benzene rings is 2. The molecule has 180 valence electrons. The van der Waals surface area contributed by atoms with Gasteiger partial charge in [-0.2, -0.15) is 0 Å². The van der Waals surface area contributed by atoms with E-state index >= 15 is 0 Å². The van der Waals surface area contributed by atoms with Crippen molar-refractivity contribution in [2.24, 2.45) is 11.7 Å². The van der Waals surface area contributed by atoms with Crippen LogP contribution < -0.4 is 16.4 Å². The van der Waals surface area contributed by atoms with E-state index in [4.69, 9.17) is 10.5 Å². The average Bonchev–Trinajstić information content (AvgIpc) is 3.13. The molecular formula is C25H29N3O6. The number of rotatable bonds is 10. The maximum Gasteiger partial charge on any atom is 0.407 e. The van der Waals surface area contributed by atoms with E-state index in [0.29, 0.717) is 6.42 Å². The van der Waals surface area contributed by atoms with Crippen LogP contribution in [-0.2, 0) is 19.1 Å².